The molecule has 0 bridgehead atoms. The lowest BCUT2D eigenvalue weighted by molar-refractivity contribution is 0.311. The Balaban J connectivity index is 1.17. The van der Waals surface area contributed by atoms with Gasteiger partial charge in [-0.05, 0) is 85.0 Å². The van der Waals surface area contributed by atoms with Crippen LogP contribution in [0.15, 0.2) is 121 Å². The Bertz CT molecular complexity index is 2160. The molecule has 0 saturated heterocycles. The summed E-state index contributed by atoms with van der Waals surface area (Å²) in [6, 6.07) is 41.9. The molecule has 8 rings (SSSR count). The monoisotopic (exact) mass is 644 g/mol. The highest BCUT2D eigenvalue weighted by Gasteiger charge is 2.46. The maximum atomic E-state index is 6.82. The number of nitrogens with zero attached hydrogens (tertiary/aromatic N) is 2. The lowest BCUT2D eigenvalue weighted by Crippen LogP contribution is -2.37. The SMILES string of the molecule is Cc1ccc2cccc([O][Al]([O]c3ccc(-c4ccc(C5CCCCC5)cc4)c4ccccc34)[O]c3cccc4ccc(C)nc34)c2n1. The number of para-hydroxylation sites is 2. The zero-order valence-electron chi connectivity index (χ0n) is 27.4. The van der Waals surface area contributed by atoms with E-state index in [1.165, 1.54) is 48.8 Å². The predicted molar refractivity (Wildman–Crippen MR) is 196 cm³/mol. The van der Waals surface area contributed by atoms with E-state index in [1.54, 1.807) is 0 Å². The summed E-state index contributed by atoms with van der Waals surface area (Å²) in [5, 5.41) is 4.13. The second-order valence-corrected chi connectivity index (χ2v) is 14.1. The van der Waals surface area contributed by atoms with E-state index in [9.17, 15) is 0 Å². The van der Waals surface area contributed by atoms with Gasteiger partial charge in [0.25, 0.3) is 0 Å². The molecule has 2 aromatic heterocycles. The smallest absolute Gasteiger partial charge is 0.577 e. The van der Waals surface area contributed by atoms with Crippen molar-refractivity contribution in [1.29, 1.82) is 0 Å². The lowest BCUT2D eigenvalue weighted by atomic mass is 9.83. The molecule has 236 valence electrons. The molecule has 1 saturated carbocycles. The van der Waals surface area contributed by atoms with Crippen LogP contribution in [0.25, 0.3) is 43.7 Å². The van der Waals surface area contributed by atoms with Crippen LogP contribution in [0.5, 0.6) is 17.2 Å². The lowest BCUT2D eigenvalue weighted by Gasteiger charge is -2.22. The van der Waals surface area contributed by atoms with E-state index < -0.39 is 15.1 Å². The first-order chi connectivity index (χ1) is 23.6. The Hall–Kier alpha value is -4.89. The molecule has 5 nitrogen and oxygen atoms in total. The van der Waals surface area contributed by atoms with Crippen LogP contribution in [-0.2, 0) is 0 Å². The minimum absolute atomic E-state index is 0.635. The fourth-order valence-electron chi connectivity index (χ4n) is 7.00. The van der Waals surface area contributed by atoms with Crippen molar-refractivity contribution >= 4 is 47.7 Å². The molecule has 0 aliphatic heterocycles. The van der Waals surface area contributed by atoms with E-state index in [1.807, 2.05) is 62.4 Å². The number of hydrogen-bond donors (Lipinski definition) is 0. The normalized spacial score (nSPS) is 13.5. The van der Waals surface area contributed by atoms with Crippen LogP contribution in [0, 0.1) is 13.8 Å². The van der Waals surface area contributed by atoms with Gasteiger partial charge in [0.2, 0.25) is 0 Å². The highest BCUT2D eigenvalue weighted by molar-refractivity contribution is 6.40. The van der Waals surface area contributed by atoms with Gasteiger partial charge in [-0.1, -0.05) is 110 Å². The average molecular weight is 645 g/mol. The molecule has 0 amide bonds. The van der Waals surface area contributed by atoms with Crippen LogP contribution >= 0.6 is 0 Å². The van der Waals surface area contributed by atoms with Gasteiger partial charge in [0.1, 0.15) is 22.5 Å². The zero-order valence-corrected chi connectivity index (χ0v) is 28.5. The maximum absolute atomic E-state index is 6.82. The molecular formula is C42H37AlN2O3. The average Bonchev–Trinajstić information content (AvgIpc) is 3.13. The van der Waals surface area contributed by atoms with Crippen molar-refractivity contribution in [2.24, 2.45) is 0 Å². The molecular weight excluding hydrogens is 607 g/mol. The summed E-state index contributed by atoms with van der Waals surface area (Å²) in [4.78, 5) is 9.62. The third kappa shape index (κ3) is 6.22. The molecule has 1 aliphatic rings. The Morgan fingerprint density at radius 1 is 0.521 bits per heavy atom. The van der Waals surface area contributed by atoms with Gasteiger partial charge in [0.15, 0.2) is 0 Å². The van der Waals surface area contributed by atoms with Crippen molar-refractivity contribution in [3.05, 3.63) is 138 Å². The van der Waals surface area contributed by atoms with Crippen LogP contribution in [-0.4, -0.2) is 25.1 Å². The van der Waals surface area contributed by atoms with E-state index in [-0.39, 0.29) is 0 Å². The maximum Gasteiger partial charge on any atom is 1.20 e. The van der Waals surface area contributed by atoms with Crippen LogP contribution in [0.1, 0.15) is 55.0 Å². The zero-order chi connectivity index (χ0) is 32.5. The van der Waals surface area contributed by atoms with Crippen LogP contribution < -0.4 is 11.4 Å². The predicted octanol–water partition coefficient (Wildman–Crippen LogP) is 10.8. The second-order valence-electron chi connectivity index (χ2n) is 12.8. The van der Waals surface area contributed by atoms with E-state index in [0.717, 1.165) is 49.7 Å². The molecule has 7 aromatic rings. The van der Waals surface area contributed by atoms with Crippen molar-refractivity contribution < 1.29 is 11.4 Å². The van der Waals surface area contributed by atoms with Crippen molar-refractivity contribution in [1.82, 2.24) is 9.97 Å². The topological polar surface area (TPSA) is 53.5 Å². The molecule has 0 N–H and O–H groups in total. The number of aromatic nitrogens is 2. The fourth-order valence-corrected chi connectivity index (χ4v) is 8.36. The van der Waals surface area contributed by atoms with Crippen LogP contribution in [0.3, 0.4) is 0 Å². The number of hydrogen-bond acceptors (Lipinski definition) is 5. The molecule has 0 unspecified atom stereocenters. The molecule has 1 aliphatic carbocycles. The van der Waals surface area contributed by atoms with Gasteiger partial charge in [-0.3, -0.25) is 0 Å². The molecule has 1 fully saturated rings. The van der Waals surface area contributed by atoms with Gasteiger partial charge in [-0.25, -0.2) is 9.97 Å². The molecule has 0 radical (unpaired) electrons. The molecule has 6 heteroatoms. The summed E-state index contributed by atoms with van der Waals surface area (Å²) >= 11 is -2.96. The standard InChI is InChI=1S/C22H22O.2C10H9NO.Al/c23-22-15-14-19(20-8-4-5-9-21(20)22)18-12-10-17(11-13-18)16-6-2-1-3-7-16;2*1-7-5-6-8-3-2-4-9(12)10(8)11-7;/h4-5,8-16,23H,1-3,6-7H2;2*2-6,12H,1H3;/q;;;+3/p-3. The highest BCUT2D eigenvalue weighted by atomic mass is 27.3. The van der Waals surface area contributed by atoms with Crippen molar-refractivity contribution in [2.75, 3.05) is 0 Å². The number of benzene rings is 5. The molecule has 48 heavy (non-hydrogen) atoms. The number of pyridine rings is 2. The van der Waals surface area contributed by atoms with Gasteiger partial charge in [0.05, 0.1) is 5.75 Å². The molecule has 0 spiro atoms. The van der Waals surface area contributed by atoms with Gasteiger partial charge >= 0.3 is 15.1 Å². The number of fused-ring (bicyclic) bond motifs is 3. The Labute approximate surface area is 286 Å². The van der Waals surface area contributed by atoms with Gasteiger partial charge in [0, 0.05) is 27.5 Å². The first-order valence-electron chi connectivity index (χ1n) is 16.9. The summed E-state index contributed by atoms with van der Waals surface area (Å²) in [7, 11) is 0. The number of rotatable bonds is 8. The molecule has 2 heterocycles. The first kappa shape index (κ1) is 30.4. The van der Waals surface area contributed by atoms with Crippen molar-refractivity contribution in [2.45, 2.75) is 51.9 Å². The summed E-state index contributed by atoms with van der Waals surface area (Å²) in [6.45, 7) is 3.97. The largest absolute Gasteiger partial charge is 1.20 e. The third-order valence-electron chi connectivity index (χ3n) is 9.50. The van der Waals surface area contributed by atoms with E-state index >= 15 is 0 Å². The van der Waals surface area contributed by atoms with Gasteiger partial charge < -0.3 is 11.4 Å². The van der Waals surface area contributed by atoms with Gasteiger partial charge in [-0.15, -0.1) is 0 Å². The third-order valence-corrected chi connectivity index (χ3v) is 10.8. The van der Waals surface area contributed by atoms with Crippen LogP contribution in [0.4, 0.5) is 0 Å². The Morgan fingerprint density at radius 3 is 1.73 bits per heavy atom. The number of aryl methyl sites for hydroxylation is 2. The van der Waals surface area contributed by atoms with E-state index in [2.05, 4.69) is 72.8 Å². The quantitative estimate of drug-likeness (QED) is 0.154. The van der Waals surface area contributed by atoms with Crippen LogP contribution in [0.2, 0.25) is 0 Å². The van der Waals surface area contributed by atoms with Gasteiger partial charge in [-0.2, -0.15) is 0 Å². The van der Waals surface area contributed by atoms with E-state index in [4.69, 9.17) is 21.3 Å². The summed E-state index contributed by atoms with van der Waals surface area (Å²) < 4.78 is 20.2. The van der Waals surface area contributed by atoms with Crippen molar-refractivity contribution in [3.63, 3.8) is 0 Å². The molecule has 0 atom stereocenters. The minimum Gasteiger partial charge on any atom is -0.577 e. The highest BCUT2D eigenvalue weighted by Crippen LogP contribution is 2.38. The Morgan fingerprint density at radius 2 is 1.10 bits per heavy atom. The summed E-state index contributed by atoms with van der Waals surface area (Å²) in [6.07, 6.45) is 6.64. The second kappa shape index (κ2) is 13.3. The van der Waals surface area contributed by atoms with Crippen molar-refractivity contribution in [3.8, 4) is 28.4 Å². The Kier molecular flexibility index (Phi) is 8.45. The van der Waals surface area contributed by atoms with E-state index in [0.29, 0.717) is 17.4 Å². The first-order valence-corrected chi connectivity index (χ1v) is 18.4. The summed E-state index contributed by atoms with van der Waals surface area (Å²) in [5.74, 6) is 2.68. The summed E-state index contributed by atoms with van der Waals surface area (Å²) in [5.41, 5.74) is 7.24. The minimum atomic E-state index is -2.96. The molecule has 5 aromatic carbocycles. The fraction of sp³-hybridized carbons (Fsp3) is 0.190.